The third-order valence-corrected chi connectivity index (χ3v) is 2.50. The van der Waals surface area contributed by atoms with Crippen LogP contribution in [0.5, 0.6) is 0 Å². The molecule has 0 fully saturated rings. The molecule has 0 unspecified atom stereocenters. The van der Waals surface area contributed by atoms with Gasteiger partial charge in [0.25, 0.3) is 0 Å². The number of nitrogens with one attached hydrogen (secondary N) is 1. The zero-order valence-corrected chi connectivity index (χ0v) is 9.78. The highest BCUT2D eigenvalue weighted by atomic mass is 19.1. The predicted molar refractivity (Wildman–Crippen MR) is 65.9 cm³/mol. The van der Waals surface area contributed by atoms with Gasteiger partial charge in [0.1, 0.15) is 5.82 Å². The van der Waals surface area contributed by atoms with Crippen molar-refractivity contribution >= 4 is 0 Å². The Morgan fingerprint density at radius 3 is 2.71 bits per heavy atom. The average Bonchev–Trinajstić information content (AvgIpc) is 2.29. The van der Waals surface area contributed by atoms with Gasteiger partial charge in [-0.2, -0.15) is 0 Å². The third kappa shape index (κ3) is 3.64. The Hall–Kier alpha value is -1.74. The van der Waals surface area contributed by atoms with E-state index in [0.29, 0.717) is 6.54 Å². The lowest BCUT2D eigenvalue weighted by atomic mass is 10.1. The van der Waals surface area contributed by atoms with Crippen LogP contribution in [-0.2, 0) is 13.1 Å². The van der Waals surface area contributed by atoms with E-state index in [0.717, 1.165) is 12.1 Å². The molecule has 0 aliphatic heterocycles. The van der Waals surface area contributed by atoms with Crippen LogP contribution < -0.4 is 5.32 Å². The molecule has 2 nitrogen and oxygen atoms in total. The number of benzene rings is 1. The lowest BCUT2D eigenvalue weighted by Crippen LogP contribution is -2.13. The van der Waals surface area contributed by atoms with Gasteiger partial charge in [-0.25, -0.2) is 4.39 Å². The van der Waals surface area contributed by atoms with Crippen molar-refractivity contribution in [2.75, 3.05) is 0 Å². The molecule has 0 atom stereocenters. The van der Waals surface area contributed by atoms with Crippen LogP contribution in [-0.4, -0.2) is 4.98 Å². The Morgan fingerprint density at radius 2 is 1.94 bits per heavy atom. The summed E-state index contributed by atoms with van der Waals surface area (Å²) in [5, 5.41) is 3.27. The molecule has 0 aliphatic carbocycles. The first-order valence-electron chi connectivity index (χ1n) is 5.60. The number of hydrogen-bond donors (Lipinski definition) is 1. The quantitative estimate of drug-likeness (QED) is 0.873. The van der Waals surface area contributed by atoms with E-state index in [1.165, 1.54) is 23.4 Å². The fourth-order valence-electron chi connectivity index (χ4n) is 1.73. The molecule has 1 aromatic heterocycles. The number of aromatic nitrogens is 1. The van der Waals surface area contributed by atoms with Crippen LogP contribution in [0.4, 0.5) is 4.39 Å². The number of halogens is 1. The van der Waals surface area contributed by atoms with E-state index in [4.69, 9.17) is 0 Å². The monoisotopic (exact) mass is 230 g/mol. The van der Waals surface area contributed by atoms with E-state index in [1.807, 2.05) is 6.07 Å². The second-order valence-corrected chi connectivity index (χ2v) is 4.10. The lowest BCUT2D eigenvalue weighted by Gasteiger charge is -2.05. The van der Waals surface area contributed by atoms with Gasteiger partial charge >= 0.3 is 0 Å². The van der Waals surface area contributed by atoms with Crippen molar-refractivity contribution in [2.45, 2.75) is 20.0 Å². The number of pyridine rings is 1. The number of aryl methyl sites for hydroxylation is 1. The van der Waals surface area contributed by atoms with Crippen LogP contribution >= 0.6 is 0 Å². The lowest BCUT2D eigenvalue weighted by molar-refractivity contribution is 0.612. The van der Waals surface area contributed by atoms with Crippen molar-refractivity contribution in [1.29, 1.82) is 0 Å². The molecule has 3 heteroatoms. The molecule has 0 bridgehead atoms. The van der Waals surface area contributed by atoms with Crippen LogP contribution in [0, 0.1) is 12.7 Å². The third-order valence-electron chi connectivity index (χ3n) is 2.50. The van der Waals surface area contributed by atoms with Crippen molar-refractivity contribution in [2.24, 2.45) is 0 Å². The summed E-state index contributed by atoms with van der Waals surface area (Å²) in [4.78, 5) is 3.81. The van der Waals surface area contributed by atoms with Crippen molar-refractivity contribution in [3.63, 3.8) is 0 Å². The summed E-state index contributed by atoms with van der Waals surface area (Å²) in [7, 11) is 0. The van der Waals surface area contributed by atoms with Crippen LogP contribution in [0.2, 0.25) is 0 Å². The van der Waals surface area contributed by atoms with E-state index in [9.17, 15) is 4.39 Å². The van der Waals surface area contributed by atoms with Gasteiger partial charge in [-0.05, 0) is 24.1 Å². The highest BCUT2D eigenvalue weighted by molar-refractivity contribution is 5.22. The largest absolute Gasteiger partial charge is 0.309 e. The van der Waals surface area contributed by atoms with E-state index < -0.39 is 0 Å². The van der Waals surface area contributed by atoms with Gasteiger partial charge in [0, 0.05) is 19.3 Å². The summed E-state index contributed by atoms with van der Waals surface area (Å²) < 4.78 is 12.9. The fraction of sp³-hybridized carbons (Fsp3) is 0.214. The van der Waals surface area contributed by atoms with E-state index in [1.54, 1.807) is 6.20 Å². The van der Waals surface area contributed by atoms with Gasteiger partial charge in [-0.1, -0.05) is 29.8 Å². The van der Waals surface area contributed by atoms with E-state index in [2.05, 4.69) is 35.4 Å². The Balaban J connectivity index is 1.87. The van der Waals surface area contributed by atoms with Gasteiger partial charge in [0.05, 0.1) is 6.20 Å². The number of hydrogen-bond acceptors (Lipinski definition) is 2. The molecule has 2 aromatic rings. The molecule has 0 spiro atoms. The summed E-state index contributed by atoms with van der Waals surface area (Å²) >= 11 is 0. The Kier molecular flexibility index (Phi) is 3.83. The van der Waals surface area contributed by atoms with E-state index >= 15 is 0 Å². The molecule has 0 aliphatic rings. The number of rotatable bonds is 4. The molecule has 0 radical (unpaired) electrons. The maximum atomic E-state index is 12.9. The second-order valence-electron chi connectivity index (χ2n) is 4.10. The standard InChI is InChI=1S/C14H15FN2/c1-11-3-2-4-12(5-11)7-16-8-13-6-14(15)10-17-9-13/h2-6,9-10,16H,7-8H2,1H3. The van der Waals surface area contributed by atoms with Gasteiger partial charge in [-0.15, -0.1) is 0 Å². The first-order valence-corrected chi connectivity index (χ1v) is 5.60. The number of nitrogens with zero attached hydrogens (tertiary/aromatic N) is 1. The smallest absolute Gasteiger partial charge is 0.141 e. The molecular weight excluding hydrogens is 215 g/mol. The molecular formula is C14H15FN2. The van der Waals surface area contributed by atoms with Gasteiger partial charge in [0.2, 0.25) is 0 Å². The highest BCUT2D eigenvalue weighted by Gasteiger charge is 1.97. The molecule has 1 aromatic carbocycles. The first-order chi connectivity index (χ1) is 8.24. The Bertz CT molecular complexity index is 452. The fourth-order valence-corrected chi connectivity index (χ4v) is 1.73. The van der Waals surface area contributed by atoms with Crippen molar-refractivity contribution in [3.05, 3.63) is 65.2 Å². The van der Waals surface area contributed by atoms with Crippen molar-refractivity contribution < 1.29 is 4.39 Å². The summed E-state index contributed by atoms with van der Waals surface area (Å²) in [6.07, 6.45) is 2.89. The van der Waals surface area contributed by atoms with E-state index in [-0.39, 0.29) is 5.82 Å². The highest BCUT2D eigenvalue weighted by Crippen LogP contribution is 2.04. The summed E-state index contributed by atoms with van der Waals surface area (Å²) in [6.45, 7) is 3.47. The summed E-state index contributed by atoms with van der Waals surface area (Å²) in [6, 6.07) is 9.81. The SMILES string of the molecule is Cc1cccc(CNCc2cncc(F)c2)c1. The first kappa shape index (κ1) is 11.7. The maximum absolute atomic E-state index is 12.9. The Morgan fingerprint density at radius 1 is 1.12 bits per heavy atom. The molecule has 0 saturated heterocycles. The molecule has 0 amide bonds. The van der Waals surface area contributed by atoms with Gasteiger partial charge in [0.15, 0.2) is 0 Å². The zero-order chi connectivity index (χ0) is 12.1. The summed E-state index contributed by atoms with van der Waals surface area (Å²) in [5.74, 6) is -0.292. The van der Waals surface area contributed by atoms with Crippen LogP contribution in [0.1, 0.15) is 16.7 Å². The predicted octanol–water partition coefficient (Wildman–Crippen LogP) is 2.82. The maximum Gasteiger partial charge on any atom is 0.141 e. The molecule has 2 rings (SSSR count). The molecule has 1 heterocycles. The average molecular weight is 230 g/mol. The van der Waals surface area contributed by atoms with Gasteiger partial charge < -0.3 is 5.32 Å². The molecule has 0 saturated carbocycles. The minimum absolute atomic E-state index is 0.292. The molecule has 88 valence electrons. The van der Waals surface area contributed by atoms with Crippen molar-refractivity contribution in [3.8, 4) is 0 Å². The molecule has 1 N–H and O–H groups in total. The van der Waals surface area contributed by atoms with Crippen LogP contribution in [0.25, 0.3) is 0 Å². The van der Waals surface area contributed by atoms with Crippen LogP contribution in [0.3, 0.4) is 0 Å². The minimum atomic E-state index is -0.292. The summed E-state index contributed by atoms with van der Waals surface area (Å²) in [5.41, 5.74) is 3.34. The van der Waals surface area contributed by atoms with Crippen LogP contribution in [0.15, 0.2) is 42.7 Å². The molecule has 17 heavy (non-hydrogen) atoms. The second kappa shape index (κ2) is 5.55. The topological polar surface area (TPSA) is 24.9 Å². The minimum Gasteiger partial charge on any atom is -0.309 e. The zero-order valence-electron chi connectivity index (χ0n) is 9.78. The van der Waals surface area contributed by atoms with Gasteiger partial charge in [-0.3, -0.25) is 4.98 Å². The normalized spacial score (nSPS) is 10.5. The Labute approximate surface area is 101 Å². The van der Waals surface area contributed by atoms with Crippen molar-refractivity contribution in [1.82, 2.24) is 10.3 Å².